The maximum absolute atomic E-state index is 13.1. The van der Waals surface area contributed by atoms with E-state index in [9.17, 15) is 4.79 Å². The first-order valence-corrected chi connectivity index (χ1v) is 8.81. The van der Waals surface area contributed by atoms with E-state index in [-0.39, 0.29) is 22.1 Å². The Kier molecular flexibility index (Phi) is 3.68. The van der Waals surface area contributed by atoms with Gasteiger partial charge in [-0.15, -0.1) is 0 Å². The van der Waals surface area contributed by atoms with Gasteiger partial charge < -0.3 is 10.3 Å². The number of fused-ring (bicyclic) bond motifs is 2. The third-order valence-electron chi connectivity index (χ3n) is 4.95. The fourth-order valence-corrected chi connectivity index (χ4v) is 3.87. The minimum absolute atomic E-state index is 0.132. The Labute approximate surface area is 149 Å². The van der Waals surface area contributed by atoms with E-state index < -0.39 is 0 Å². The number of hydrogen-bond acceptors (Lipinski definition) is 4. The number of hydrogen-bond donors (Lipinski definition) is 2. The summed E-state index contributed by atoms with van der Waals surface area (Å²) in [4.78, 5) is 17.9. The van der Waals surface area contributed by atoms with Crippen LogP contribution in [-0.2, 0) is 0 Å². The van der Waals surface area contributed by atoms with Gasteiger partial charge in [-0.25, -0.2) is 4.98 Å². The molecule has 0 atom stereocenters. The zero-order valence-electron chi connectivity index (χ0n) is 14.0. The van der Waals surface area contributed by atoms with E-state index >= 15 is 0 Å². The molecule has 128 valence electrons. The van der Waals surface area contributed by atoms with Crippen LogP contribution in [0.15, 0.2) is 29.2 Å². The van der Waals surface area contributed by atoms with Crippen LogP contribution in [0.4, 0.5) is 0 Å². The normalized spacial score (nSPS) is 15.2. The van der Waals surface area contributed by atoms with E-state index in [2.05, 4.69) is 0 Å². The van der Waals surface area contributed by atoms with Gasteiger partial charge in [0.25, 0.3) is 5.56 Å². The van der Waals surface area contributed by atoms with Gasteiger partial charge >= 0.3 is 0 Å². The van der Waals surface area contributed by atoms with Crippen LogP contribution in [0, 0.1) is 12.3 Å². The van der Waals surface area contributed by atoms with Crippen molar-refractivity contribution < 1.29 is 0 Å². The van der Waals surface area contributed by atoms with Crippen LogP contribution in [0.5, 0.6) is 0 Å². The van der Waals surface area contributed by atoms with Gasteiger partial charge in [-0.3, -0.25) is 14.6 Å². The summed E-state index contributed by atoms with van der Waals surface area (Å²) in [6.45, 7) is 1.93. The molecule has 0 radical (unpaired) electrons. The maximum Gasteiger partial charge on any atom is 0.267 e. The average Bonchev–Trinajstić information content (AvgIpc) is 3.09. The fraction of sp³-hybridized carbons (Fsp3) is 0.333. The number of aromatic nitrogens is 3. The van der Waals surface area contributed by atoms with Crippen molar-refractivity contribution in [3.63, 3.8) is 0 Å². The molecule has 0 aromatic carbocycles. The highest BCUT2D eigenvalue weighted by Gasteiger charge is 2.23. The van der Waals surface area contributed by atoms with Crippen LogP contribution in [0.25, 0.3) is 16.7 Å². The number of pyridine rings is 2. The Hall–Kier alpha value is -2.54. The minimum atomic E-state index is -0.159. The molecule has 3 heterocycles. The summed E-state index contributed by atoms with van der Waals surface area (Å²) in [7, 11) is 0. The second kappa shape index (κ2) is 5.77. The molecule has 0 unspecified atom stereocenters. The lowest BCUT2D eigenvalue weighted by Gasteiger charge is -2.19. The Balaban J connectivity index is 2.20. The standard InChI is InChI=1S/C18H19N5OS/c1-10-6-7-14-21-17-13(18(24)22(14)9-10)8-12(16(20)25)15(19)23(17)11-4-2-3-5-11/h6-9,11,19H,2-5H2,1H3,(H2,20,25). The van der Waals surface area contributed by atoms with E-state index in [0.717, 1.165) is 31.2 Å². The quantitative estimate of drug-likeness (QED) is 0.546. The number of thiocarbonyl (C=S) groups is 1. The molecule has 7 heteroatoms. The van der Waals surface area contributed by atoms with Crippen molar-refractivity contribution in [2.24, 2.45) is 5.73 Å². The van der Waals surface area contributed by atoms with Crippen LogP contribution in [0.3, 0.4) is 0 Å². The van der Waals surface area contributed by atoms with Crippen molar-refractivity contribution in [2.75, 3.05) is 0 Å². The van der Waals surface area contributed by atoms with Gasteiger partial charge in [-0.1, -0.05) is 31.1 Å². The van der Waals surface area contributed by atoms with E-state index in [1.165, 1.54) is 0 Å². The molecule has 3 aromatic rings. The van der Waals surface area contributed by atoms with Gasteiger partial charge in [0, 0.05) is 12.2 Å². The van der Waals surface area contributed by atoms with Crippen LogP contribution >= 0.6 is 12.2 Å². The van der Waals surface area contributed by atoms with E-state index in [1.807, 2.05) is 23.6 Å². The SMILES string of the molecule is Cc1ccc2nc3c(cc(C(N)=S)c(=N)n3C3CCCC3)c(=O)n2c1. The Morgan fingerprint density at radius 2 is 2.08 bits per heavy atom. The Morgan fingerprint density at radius 1 is 1.36 bits per heavy atom. The summed E-state index contributed by atoms with van der Waals surface area (Å²) in [6.07, 6.45) is 5.95. The van der Waals surface area contributed by atoms with Crippen molar-refractivity contribution in [3.8, 4) is 0 Å². The summed E-state index contributed by atoms with van der Waals surface area (Å²) in [5.74, 6) is 0. The fourth-order valence-electron chi connectivity index (χ4n) is 3.71. The molecule has 6 nitrogen and oxygen atoms in total. The highest BCUT2D eigenvalue weighted by atomic mass is 32.1. The number of rotatable bonds is 2. The Bertz CT molecular complexity index is 1140. The lowest BCUT2D eigenvalue weighted by atomic mass is 10.1. The monoisotopic (exact) mass is 353 g/mol. The third kappa shape index (κ3) is 2.46. The molecule has 1 aliphatic rings. The van der Waals surface area contributed by atoms with Gasteiger partial charge in [-0.2, -0.15) is 0 Å². The number of nitrogens with zero attached hydrogens (tertiary/aromatic N) is 3. The van der Waals surface area contributed by atoms with Crippen LogP contribution in [0.2, 0.25) is 0 Å². The molecule has 1 aliphatic carbocycles. The summed E-state index contributed by atoms with van der Waals surface area (Å²) in [5, 5.41) is 9.04. The minimum Gasteiger partial charge on any atom is -0.389 e. The predicted octanol–water partition coefficient (Wildman–Crippen LogP) is 2.19. The summed E-state index contributed by atoms with van der Waals surface area (Å²) >= 11 is 5.12. The highest BCUT2D eigenvalue weighted by molar-refractivity contribution is 7.80. The molecule has 0 bridgehead atoms. The van der Waals surface area contributed by atoms with E-state index in [1.54, 1.807) is 16.7 Å². The first kappa shape index (κ1) is 16.0. The number of aryl methyl sites for hydroxylation is 1. The average molecular weight is 353 g/mol. The first-order valence-electron chi connectivity index (χ1n) is 8.40. The zero-order chi connectivity index (χ0) is 17.7. The molecule has 1 fully saturated rings. The van der Waals surface area contributed by atoms with Gasteiger partial charge in [0.05, 0.1) is 10.9 Å². The lowest BCUT2D eigenvalue weighted by molar-refractivity contribution is 0.506. The summed E-state index contributed by atoms with van der Waals surface area (Å²) in [6, 6.07) is 5.54. The molecule has 4 rings (SSSR count). The van der Waals surface area contributed by atoms with Crippen LogP contribution < -0.4 is 16.8 Å². The van der Waals surface area contributed by atoms with Crippen LogP contribution in [0.1, 0.15) is 42.9 Å². The topological polar surface area (TPSA) is 89.2 Å². The second-order valence-corrected chi connectivity index (χ2v) is 7.11. The molecule has 25 heavy (non-hydrogen) atoms. The predicted molar refractivity (Wildman–Crippen MR) is 101 cm³/mol. The van der Waals surface area contributed by atoms with Crippen molar-refractivity contribution in [1.29, 1.82) is 5.41 Å². The van der Waals surface area contributed by atoms with Crippen LogP contribution in [-0.4, -0.2) is 18.9 Å². The summed E-state index contributed by atoms with van der Waals surface area (Å²) < 4.78 is 3.40. The third-order valence-corrected chi connectivity index (χ3v) is 5.17. The molecule has 0 saturated heterocycles. The summed E-state index contributed by atoms with van der Waals surface area (Å²) in [5.41, 5.74) is 8.45. The molecule has 0 amide bonds. The molecule has 3 N–H and O–H groups in total. The first-order chi connectivity index (χ1) is 12.0. The highest BCUT2D eigenvalue weighted by Crippen LogP contribution is 2.30. The number of nitrogens with two attached hydrogens (primary N) is 1. The van der Waals surface area contributed by atoms with E-state index in [4.69, 9.17) is 28.3 Å². The maximum atomic E-state index is 13.1. The molecule has 0 spiro atoms. The van der Waals surface area contributed by atoms with Gasteiger partial charge in [0.15, 0.2) is 0 Å². The van der Waals surface area contributed by atoms with Crippen molar-refractivity contribution in [1.82, 2.24) is 14.0 Å². The zero-order valence-corrected chi connectivity index (χ0v) is 14.8. The van der Waals surface area contributed by atoms with Crippen molar-refractivity contribution >= 4 is 33.9 Å². The molecular weight excluding hydrogens is 334 g/mol. The molecular formula is C18H19N5OS. The number of nitrogens with one attached hydrogen (secondary N) is 1. The largest absolute Gasteiger partial charge is 0.389 e. The van der Waals surface area contributed by atoms with Gasteiger partial charge in [0.2, 0.25) is 0 Å². The van der Waals surface area contributed by atoms with E-state index in [0.29, 0.717) is 22.2 Å². The van der Waals surface area contributed by atoms with Gasteiger partial charge in [-0.05, 0) is 37.5 Å². The lowest BCUT2D eigenvalue weighted by Crippen LogP contribution is -2.33. The molecule has 1 saturated carbocycles. The van der Waals surface area contributed by atoms with Crippen molar-refractivity contribution in [2.45, 2.75) is 38.6 Å². The molecule has 0 aliphatic heterocycles. The molecule has 3 aromatic heterocycles. The van der Waals surface area contributed by atoms with Crippen molar-refractivity contribution in [3.05, 3.63) is 51.4 Å². The Morgan fingerprint density at radius 3 is 2.76 bits per heavy atom. The smallest absolute Gasteiger partial charge is 0.267 e. The second-order valence-electron chi connectivity index (χ2n) is 6.67. The van der Waals surface area contributed by atoms with Gasteiger partial charge in [0.1, 0.15) is 21.8 Å².